The Balaban J connectivity index is 1.76. The quantitative estimate of drug-likeness (QED) is 0.618. The first-order valence-corrected chi connectivity index (χ1v) is 9.14. The third-order valence-electron chi connectivity index (χ3n) is 4.54. The predicted molar refractivity (Wildman–Crippen MR) is 101 cm³/mol. The molecule has 1 aliphatic carbocycles. The van der Waals surface area contributed by atoms with Gasteiger partial charge in [0, 0.05) is 24.5 Å². The van der Waals surface area contributed by atoms with Gasteiger partial charge in [0.1, 0.15) is 6.61 Å². The van der Waals surface area contributed by atoms with Crippen LogP contribution in [0.5, 0.6) is 0 Å². The molecule has 1 saturated carbocycles. The predicted octanol–water partition coefficient (Wildman–Crippen LogP) is 2.99. The van der Waals surface area contributed by atoms with E-state index in [9.17, 15) is 9.59 Å². The second kappa shape index (κ2) is 10.7. The minimum atomic E-state index is -0.539. The lowest BCUT2D eigenvalue weighted by Gasteiger charge is -2.29. The molecule has 0 spiro atoms. The van der Waals surface area contributed by atoms with E-state index in [1.807, 2.05) is 6.07 Å². The van der Waals surface area contributed by atoms with Crippen LogP contribution in [0.2, 0.25) is 0 Å². The normalized spacial score (nSPS) is 19.5. The molecule has 0 bridgehead atoms. The van der Waals surface area contributed by atoms with Gasteiger partial charge in [-0.05, 0) is 37.0 Å². The topological polar surface area (TPSA) is 88.7 Å². The summed E-state index contributed by atoms with van der Waals surface area (Å²) >= 11 is 0. The first-order valence-electron chi connectivity index (χ1n) is 9.14. The first-order chi connectivity index (χ1) is 12.6. The lowest BCUT2D eigenvalue weighted by molar-refractivity contribution is -0.120. The summed E-state index contributed by atoms with van der Waals surface area (Å²) in [6.45, 7) is 2.94. The largest absolute Gasteiger partial charge is 0.447 e. The zero-order valence-corrected chi connectivity index (χ0v) is 15.5. The molecule has 7 nitrogen and oxygen atoms in total. The van der Waals surface area contributed by atoms with Gasteiger partial charge in [-0.15, -0.1) is 0 Å². The third-order valence-corrected chi connectivity index (χ3v) is 4.54. The SMILES string of the molecule is COCCOC(=O)Nc1cccc(NCC(=O)N[C@@H]2CCCC[C@@H]2C)c1. The third kappa shape index (κ3) is 6.92. The number of hydrogen-bond acceptors (Lipinski definition) is 5. The molecule has 7 heteroatoms. The van der Waals surface area contributed by atoms with E-state index in [1.54, 1.807) is 25.3 Å². The maximum Gasteiger partial charge on any atom is 0.411 e. The van der Waals surface area contributed by atoms with Gasteiger partial charge in [0.15, 0.2) is 0 Å². The maximum absolute atomic E-state index is 12.2. The van der Waals surface area contributed by atoms with Crippen LogP contribution in [0.15, 0.2) is 24.3 Å². The molecule has 0 heterocycles. The molecular formula is C19H29N3O4. The lowest BCUT2D eigenvalue weighted by Crippen LogP contribution is -2.43. The van der Waals surface area contributed by atoms with Gasteiger partial charge in [-0.3, -0.25) is 10.1 Å². The van der Waals surface area contributed by atoms with Gasteiger partial charge in [0.25, 0.3) is 0 Å². The highest BCUT2D eigenvalue weighted by molar-refractivity contribution is 5.86. The highest BCUT2D eigenvalue weighted by atomic mass is 16.6. The van der Waals surface area contributed by atoms with E-state index >= 15 is 0 Å². The Morgan fingerprint density at radius 1 is 1.15 bits per heavy atom. The molecule has 144 valence electrons. The van der Waals surface area contributed by atoms with Gasteiger partial charge in [0.05, 0.1) is 13.2 Å². The first kappa shape index (κ1) is 20.0. The molecule has 1 aromatic rings. The van der Waals surface area contributed by atoms with Crippen molar-refractivity contribution in [2.75, 3.05) is 37.5 Å². The van der Waals surface area contributed by atoms with Crippen LogP contribution in [-0.4, -0.2) is 44.9 Å². The molecule has 0 aliphatic heterocycles. The molecule has 26 heavy (non-hydrogen) atoms. The van der Waals surface area contributed by atoms with Crippen molar-refractivity contribution in [1.29, 1.82) is 0 Å². The van der Waals surface area contributed by atoms with Crippen LogP contribution in [-0.2, 0) is 14.3 Å². The number of hydrogen-bond donors (Lipinski definition) is 3. The maximum atomic E-state index is 12.2. The summed E-state index contributed by atoms with van der Waals surface area (Å²) in [7, 11) is 1.54. The molecule has 0 radical (unpaired) electrons. The van der Waals surface area contributed by atoms with Crippen molar-refractivity contribution < 1.29 is 19.1 Å². The minimum Gasteiger partial charge on any atom is -0.447 e. The summed E-state index contributed by atoms with van der Waals surface area (Å²) in [6.07, 6.45) is 4.11. The van der Waals surface area contributed by atoms with Gasteiger partial charge < -0.3 is 20.1 Å². The zero-order valence-electron chi connectivity index (χ0n) is 15.5. The van der Waals surface area contributed by atoms with Crippen molar-refractivity contribution in [3.05, 3.63) is 24.3 Å². The molecule has 1 fully saturated rings. The van der Waals surface area contributed by atoms with E-state index in [4.69, 9.17) is 9.47 Å². The fourth-order valence-electron chi connectivity index (χ4n) is 3.05. The number of carbonyl (C=O) groups is 2. The number of rotatable bonds is 8. The molecule has 2 amide bonds. The average molecular weight is 363 g/mol. The highest BCUT2D eigenvalue weighted by Crippen LogP contribution is 2.23. The molecule has 3 N–H and O–H groups in total. The summed E-state index contributed by atoms with van der Waals surface area (Å²) in [5.41, 5.74) is 1.35. The van der Waals surface area contributed by atoms with Crippen LogP contribution in [0, 0.1) is 5.92 Å². The Morgan fingerprint density at radius 3 is 2.69 bits per heavy atom. The van der Waals surface area contributed by atoms with E-state index in [2.05, 4.69) is 22.9 Å². The Hall–Kier alpha value is -2.28. The van der Waals surface area contributed by atoms with Gasteiger partial charge in [0.2, 0.25) is 5.91 Å². The summed E-state index contributed by atoms with van der Waals surface area (Å²) in [5, 5.41) is 8.85. The summed E-state index contributed by atoms with van der Waals surface area (Å²) in [5.74, 6) is 0.519. The monoisotopic (exact) mass is 363 g/mol. The number of nitrogens with one attached hydrogen (secondary N) is 3. The number of ether oxygens (including phenoxy) is 2. The molecule has 2 atom stereocenters. The highest BCUT2D eigenvalue weighted by Gasteiger charge is 2.22. The van der Waals surface area contributed by atoms with Crippen LogP contribution in [0.4, 0.5) is 16.2 Å². The van der Waals surface area contributed by atoms with Crippen LogP contribution in [0.25, 0.3) is 0 Å². The van der Waals surface area contributed by atoms with Gasteiger partial charge in [-0.1, -0.05) is 25.8 Å². The van der Waals surface area contributed by atoms with Crippen molar-refractivity contribution in [1.82, 2.24) is 5.32 Å². The second-order valence-corrected chi connectivity index (χ2v) is 6.62. The van der Waals surface area contributed by atoms with E-state index in [-0.39, 0.29) is 25.1 Å². The van der Waals surface area contributed by atoms with E-state index in [0.717, 1.165) is 12.1 Å². The lowest BCUT2D eigenvalue weighted by atomic mass is 9.86. The van der Waals surface area contributed by atoms with E-state index in [0.29, 0.717) is 18.2 Å². The molecule has 0 aromatic heterocycles. The van der Waals surface area contributed by atoms with Gasteiger partial charge in [-0.2, -0.15) is 0 Å². The fraction of sp³-hybridized carbons (Fsp3) is 0.579. The number of benzene rings is 1. The second-order valence-electron chi connectivity index (χ2n) is 6.62. The van der Waals surface area contributed by atoms with Crippen molar-refractivity contribution in [3.63, 3.8) is 0 Å². The number of methoxy groups -OCH3 is 1. The standard InChI is InChI=1S/C19H29N3O4/c1-14-6-3-4-9-17(14)22-18(23)13-20-15-7-5-8-16(12-15)21-19(24)26-11-10-25-2/h5,7-8,12,14,17,20H,3-4,6,9-11,13H2,1-2H3,(H,21,24)(H,22,23)/t14-,17+/m0/s1. The van der Waals surface area contributed by atoms with Crippen molar-refractivity contribution >= 4 is 23.4 Å². The average Bonchev–Trinajstić information content (AvgIpc) is 2.62. The Morgan fingerprint density at radius 2 is 1.92 bits per heavy atom. The smallest absolute Gasteiger partial charge is 0.411 e. The molecule has 2 rings (SSSR count). The van der Waals surface area contributed by atoms with E-state index in [1.165, 1.54) is 19.3 Å². The van der Waals surface area contributed by atoms with Crippen molar-refractivity contribution in [3.8, 4) is 0 Å². The molecule has 0 saturated heterocycles. The number of carbonyl (C=O) groups excluding carboxylic acids is 2. The molecular weight excluding hydrogens is 334 g/mol. The molecule has 1 aromatic carbocycles. The summed E-state index contributed by atoms with van der Waals surface area (Å²) in [6, 6.07) is 7.43. The van der Waals surface area contributed by atoms with Crippen LogP contribution < -0.4 is 16.0 Å². The van der Waals surface area contributed by atoms with Gasteiger partial charge >= 0.3 is 6.09 Å². The van der Waals surface area contributed by atoms with E-state index < -0.39 is 6.09 Å². The van der Waals surface area contributed by atoms with Gasteiger partial charge in [-0.25, -0.2) is 4.79 Å². The Labute approximate surface area is 154 Å². The minimum absolute atomic E-state index is 0.0129. The Kier molecular flexibility index (Phi) is 8.21. The van der Waals surface area contributed by atoms with Crippen molar-refractivity contribution in [2.45, 2.75) is 38.6 Å². The summed E-state index contributed by atoms with van der Waals surface area (Å²) < 4.78 is 9.78. The molecule has 0 unspecified atom stereocenters. The van der Waals surface area contributed by atoms with Crippen LogP contribution >= 0.6 is 0 Å². The van der Waals surface area contributed by atoms with Crippen molar-refractivity contribution in [2.24, 2.45) is 5.92 Å². The molecule has 1 aliphatic rings. The fourth-order valence-corrected chi connectivity index (χ4v) is 3.05. The van der Waals surface area contributed by atoms with Crippen LogP contribution in [0.3, 0.4) is 0 Å². The number of amides is 2. The zero-order chi connectivity index (χ0) is 18.8. The Bertz CT molecular complexity index is 594. The summed E-state index contributed by atoms with van der Waals surface area (Å²) in [4.78, 5) is 23.8. The number of anilines is 2. The van der Waals surface area contributed by atoms with Crippen LogP contribution in [0.1, 0.15) is 32.6 Å².